The van der Waals surface area contributed by atoms with Gasteiger partial charge >= 0.3 is 0 Å². The summed E-state index contributed by atoms with van der Waals surface area (Å²) in [5.41, 5.74) is 0.843. The first-order chi connectivity index (χ1) is 12.9. The minimum atomic E-state index is -0.679. The maximum absolute atomic E-state index is 14.2. The summed E-state index contributed by atoms with van der Waals surface area (Å²) < 4.78 is 19.9. The zero-order valence-electron chi connectivity index (χ0n) is 14.6. The van der Waals surface area contributed by atoms with Crippen LogP contribution >= 0.6 is 34.8 Å². The van der Waals surface area contributed by atoms with Crippen LogP contribution in [0.5, 0.6) is 5.75 Å². The van der Waals surface area contributed by atoms with E-state index in [1.807, 2.05) is 12.1 Å². The van der Waals surface area contributed by atoms with E-state index in [-0.39, 0.29) is 22.4 Å². The van der Waals surface area contributed by atoms with Crippen molar-refractivity contribution < 1.29 is 13.9 Å². The lowest BCUT2D eigenvalue weighted by Gasteiger charge is -2.27. The van der Waals surface area contributed by atoms with Gasteiger partial charge in [-0.05, 0) is 37.1 Å². The van der Waals surface area contributed by atoms with Crippen LogP contribution in [0.4, 0.5) is 10.1 Å². The third kappa shape index (κ3) is 4.42. The van der Waals surface area contributed by atoms with Gasteiger partial charge in [-0.2, -0.15) is 0 Å². The third-order valence-electron chi connectivity index (χ3n) is 4.54. The maximum Gasteiger partial charge on any atom is 0.254 e. The Hall–Kier alpha value is -1.69. The lowest BCUT2D eigenvalue weighted by Crippen LogP contribution is -2.34. The number of nitrogens with one attached hydrogen (secondary N) is 1. The molecule has 1 aliphatic rings. The van der Waals surface area contributed by atoms with Gasteiger partial charge in [-0.25, -0.2) is 4.39 Å². The SMILES string of the molecule is CNC(=O)c1cc(Cl)c(OC[C@@H]2CCCN2c2ccc(Cl)c(Cl)c2)cc1F. The predicted molar refractivity (Wildman–Crippen MR) is 107 cm³/mol. The van der Waals surface area contributed by atoms with E-state index >= 15 is 0 Å². The third-order valence-corrected chi connectivity index (χ3v) is 5.57. The highest BCUT2D eigenvalue weighted by molar-refractivity contribution is 6.42. The van der Waals surface area contributed by atoms with E-state index in [0.29, 0.717) is 16.7 Å². The molecule has 0 aromatic heterocycles. The topological polar surface area (TPSA) is 41.6 Å². The molecular formula is C19H18Cl3FN2O2. The first kappa shape index (κ1) is 20.1. The van der Waals surface area contributed by atoms with Gasteiger partial charge in [0.25, 0.3) is 5.91 Å². The zero-order valence-corrected chi connectivity index (χ0v) is 16.8. The lowest BCUT2D eigenvalue weighted by atomic mass is 10.2. The summed E-state index contributed by atoms with van der Waals surface area (Å²) in [6, 6.07) is 8.02. The summed E-state index contributed by atoms with van der Waals surface area (Å²) in [6.45, 7) is 1.20. The Morgan fingerprint density at radius 3 is 2.70 bits per heavy atom. The Kier molecular flexibility index (Phi) is 6.35. The van der Waals surface area contributed by atoms with Crippen LogP contribution < -0.4 is 15.0 Å². The molecule has 1 N–H and O–H groups in total. The summed E-state index contributed by atoms with van der Waals surface area (Å²) in [5.74, 6) is -1.01. The first-order valence-corrected chi connectivity index (χ1v) is 9.59. The average Bonchev–Trinajstić information content (AvgIpc) is 3.12. The average molecular weight is 432 g/mol. The van der Waals surface area contributed by atoms with Gasteiger partial charge in [0.2, 0.25) is 0 Å². The fourth-order valence-electron chi connectivity index (χ4n) is 3.15. The quantitative estimate of drug-likeness (QED) is 0.708. The number of benzene rings is 2. The van der Waals surface area contributed by atoms with Crippen molar-refractivity contribution >= 4 is 46.4 Å². The Bertz CT molecular complexity index is 863. The number of hydrogen-bond acceptors (Lipinski definition) is 3. The zero-order chi connectivity index (χ0) is 19.6. The highest BCUT2D eigenvalue weighted by atomic mass is 35.5. The smallest absolute Gasteiger partial charge is 0.254 e. The maximum atomic E-state index is 14.2. The first-order valence-electron chi connectivity index (χ1n) is 8.46. The van der Waals surface area contributed by atoms with Crippen LogP contribution in [0.3, 0.4) is 0 Å². The van der Waals surface area contributed by atoms with Crippen molar-refractivity contribution in [3.05, 3.63) is 56.8 Å². The Morgan fingerprint density at radius 1 is 1.22 bits per heavy atom. The number of carbonyl (C=O) groups is 1. The number of hydrogen-bond donors (Lipinski definition) is 1. The van der Waals surface area contributed by atoms with Crippen LogP contribution in [0.15, 0.2) is 30.3 Å². The highest BCUT2D eigenvalue weighted by Crippen LogP contribution is 2.33. The number of rotatable bonds is 5. The predicted octanol–water partition coefficient (Wildman–Crippen LogP) is 5.19. The van der Waals surface area contributed by atoms with Gasteiger partial charge in [0.1, 0.15) is 18.2 Å². The molecule has 1 saturated heterocycles. The van der Waals surface area contributed by atoms with Gasteiger partial charge in [0.05, 0.1) is 26.7 Å². The number of amides is 1. The molecule has 2 aromatic carbocycles. The van der Waals surface area contributed by atoms with Crippen molar-refractivity contribution in [1.82, 2.24) is 5.32 Å². The van der Waals surface area contributed by atoms with E-state index < -0.39 is 11.7 Å². The molecule has 0 saturated carbocycles. The molecule has 1 atom stereocenters. The molecular weight excluding hydrogens is 414 g/mol. The second-order valence-electron chi connectivity index (χ2n) is 6.24. The molecule has 1 amide bonds. The molecule has 1 aliphatic heterocycles. The molecule has 0 unspecified atom stereocenters. The van der Waals surface area contributed by atoms with Crippen molar-refractivity contribution in [1.29, 1.82) is 0 Å². The number of carbonyl (C=O) groups excluding carboxylic acids is 1. The molecule has 0 aliphatic carbocycles. The van der Waals surface area contributed by atoms with Crippen molar-refractivity contribution in [2.45, 2.75) is 18.9 Å². The van der Waals surface area contributed by atoms with Crippen molar-refractivity contribution in [3.8, 4) is 5.75 Å². The minimum absolute atomic E-state index is 0.0972. The lowest BCUT2D eigenvalue weighted by molar-refractivity contribution is 0.0959. The molecule has 0 bridgehead atoms. The van der Waals surface area contributed by atoms with E-state index in [1.54, 1.807) is 6.07 Å². The van der Waals surface area contributed by atoms with E-state index in [1.165, 1.54) is 13.1 Å². The molecule has 4 nitrogen and oxygen atoms in total. The van der Waals surface area contributed by atoms with E-state index in [9.17, 15) is 9.18 Å². The Labute approximate surface area is 172 Å². The number of anilines is 1. The van der Waals surface area contributed by atoms with Crippen LogP contribution in [-0.4, -0.2) is 32.1 Å². The molecule has 1 heterocycles. The second-order valence-corrected chi connectivity index (χ2v) is 7.46. The van der Waals surface area contributed by atoms with E-state index in [2.05, 4.69) is 10.2 Å². The molecule has 0 radical (unpaired) electrons. The van der Waals surface area contributed by atoms with Crippen molar-refractivity contribution in [2.24, 2.45) is 0 Å². The van der Waals surface area contributed by atoms with E-state index in [4.69, 9.17) is 39.5 Å². The molecule has 2 aromatic rings. The van der Waals surface area contributed by atoms with Gasteiger partial charge in [0, 0.05) is 25.3 Å². The summed E-state index contributed by atoms with van der Waals surface area (Å²) in [4.78, 5) is 13.8. The summed E-state index contributed by atoms with van der Waals surface area (Å²) >= 11 is 18.3. The summed E-state index contributed by atoms with van der Waals surface area (Å²) in [7, 11) is 1.43. The van der Waals surface area contributed by atoms with Crippen LogP contribution in [-0.2, 0) is 0 Å². The number of nitrogens with zero attached hydrogens (tertiary/aromatic N) is 1. The van der Waals surface area contributed by atoms with Crippen LogP contribution in [0, 0.1) is 5.82 Å². The highest BCUT2D eigenvalue weighted by Gasteiger charge is 2.26. The molecule has 1 fully saturated rings. The largest absolute Gasteiger partial charge is 0.490 e. The van der Waals surface area contributed by atoms with E-state index in [0.717, 1.165) is 31.1 Å². The van der Waals surface area contributed by atoms with Gasteiger partial charge in [-0.3, -0.25) is 4.79 Å². The fourth-order valence-corrected chi connectivity index (χ4v) is 3.66. The Morgan fingerprint density at radius 2 is 2.00 bits per heavy atom. The van der Waals surface area contributed by atoms with Crippen LogP contribution in [0.2, 0.25) is 15.1 Å². The van der Waals surface area contributed by atoms with Gasteiger partial charge < -0.3 is 15.0 Å². The van der Waals surface area contributed by atoms with Crippen molar-refractivity contribution in [3.63, 3.8) is 0 Å². The summed E-state index contributed by atoms with van der Waals surface area (Å²) in [5, 5.41) is 3.56. The fraction of sp³-hybridized carbons (Fsp3) is 0.316. The summed E-state index contributed by atoms with van der Waals surface area (Å²) in [6.07, 6.45) is 1.93. The number of halogens is 4. The standard InChI is InChI=1S/C19H18Cl3FN2O2/c1-24-19(26)13-8-16(22)18(9-17(13)23)27-10-12-3-2-6-25(12)11-4-5-14(20)15(21)7-11/h4-5,7-9,12H,2-3,6,10H2,1H3,(H,24,26)/t12-/m0/s1. The number of ether oxygens (including phenoxy) is 1. The van der Waals surface area contributed by atoms with Crippen LogP contribution in [0.25, 0.3) is 0 Å². The molecule has 8 heteroatoms. The molecule has 3 rings (SSSR count). The monoisotopic (exact) mass is 430 g/mol. The normalized spacial score (nSPS) is 16.5. The molecule has 0 spiro atoms. The van der Waals surface area contributed by atoms with Gasteiger partial charge in [-0.15, -0.1) is 0 Å². The van der Waals surface area contributed by atoms with Gasteiger partial charge in [-0.1, -0.05) is 34.8 Å². The minimum Gasteiger partial charge on any atom is -0.490 e. The Balaban J connectivity index is 1.73. The second kappa shape index (κ2) is 8.55. The van der Waals surface area contributed by atoms with Gasteiger partial charge in [0.15, 0.2) is 0 Å². The molecule has 144 valence electrons. The van der Waals surface area contributed by atoms with Crippen molar-refractivity contribution in [2.75, 3.05) is 25.1 Å². The van der Waals surface area contributed by atoms with Crippen LogP contribution in [0.1, 0.15) is 23.2 Å². The molecule has 27 heavy (non-hydrogen) atoms.